The molecule has 0 saturated carbocycles. The molecule has 0 spiro atoms. The van der Waals surface area contributed by atoms with Crippen LogP contribution in [0.5, 0.6) is 0 Å². The number of amides is 1. The molecule has 0 fully saturated rings. The van der Waals surface area contributed by atoms with E-state index in [1.807, 2.05) is 14.0 Å². The SMILES string of the molecule is CCc1nn(C)cc1C(=O)N(CCCN)CCOC. The number of carbonyl (C=O) groups excluding carboxylic acids is 1. The third kappa shape index (κ3) is 4.33. The van der Waals surface area contributed by atoms with Crippen LogP contribution in [0.3, 0.4) is 0 Å². The third-order valence-corrected chi connectivity index (χ3v) is 2.96. The van der Waals surface area contributed by atoms with Gasteiger partial charge in [-0.1, -0.05) is 6.92 Å². The summed E-state index contributed by atoms with van der Waals surface area (Å²) in [5.41, 5.74) is 7.03. The van der Waals surface area contributed by atoms with E-state index in [4.69, 9.17) is 10.5 Å². The lowest BCUT2D eigenvalue weighted by Gasteiger charge is -2.22. The van der Waals surface area contributed by atoms with E-state index >= 15 is 0 Å². The highest BCUT2D eigenvalue weighted by Crippen LogP contribution is 2.11. The Balaban J connectivity index is 2.83. The zero-order valence-electron chi connectivity index (χ0n) is 12.1. The van der Waals surface area contributed by atoms with E-state index in [1.165, 1.54) is 0 Å². The van der Waals surface area contributed by atoms with E-state index in [1.54, 1.807) is 22.9 Å². The normalized spacial score (nSPS) is 10.7. The smallest absolute Gasteiger partial charge is 0.257 e. The van der Waals surface area contributed by atoms with Crippen LogP contribution in [-0.2, 0) is 18.2 Å². The molecule has 0 aliphatic heterocycles. The molecular formula is C13H24N4O2. The molecule has 1 rings (SSSR count). The average molecular weight is 268 g/mol. The molecule has 1 aromatic heterocycles. The van der Waals surface area contributed by atoms with Gasteiger partial charge in [0.2, 0.25) is 0 Å². The molecule has 6 nitrogen and oxygen atoms in total. The molecule has 1 aromatic rings. The second-order valence-corrected chi connectivity index (χ2v) is 4.44. The van der Waals surface area contributed by atoms with Gasteiger partial charge in [-0.25, -0.2) is 0 Å². The minimum atomic E-state index is 0.00968. The predicted octanol–water partition coefficient (Wildman–Crippen LogP) is 0.420. The van der Waals surface area contributed by atoms with Crippen molar-refractivity contribution in [2.75, 3.05) is 33.4 Å². The van der Waals surface area contributed by atoms with Crippen molar-refractivity contribution >= 4 is 5.91 Å². The number of carbonyl (C=O) groups is 1. The molecule has 6 heteroatoms. The molecule has 108 valence electrons. The van der Waals surface area contributed by atoms with E-state index in [2.05, 4.69) is 5.10 Å². The maximum atomic E-state index is 12.5. The van der Waals surface area contributed by atoms with Crippen LogP contribution in [0.4, 0.5) is 0 Å². The number of nitrogens with zero attached hydrogens (tertiary/aromatic N) is 3. The van der Waals surface area contributed by atoms with Crippen LogP contribution in [0.25, 0.3) is 0 Å². The number of aryl methyl sites for hydroxylation is 2. The predicted molar refractivity (Wildman–Crippen MR) is 74.0 cm³/mol. The molecule has 1 amide bonds. The summed E-state index contributed by atoms with van der Waals surface area (Å²) in [5.74, 6) is 0.00968. The van der Waals surface area contributed by atoms with Crippen molar-refractivity contribution in [2.45, 2.75) is 19.8 Å². The molecular weight excluding hydrogens is 244 g/mol. The van der Waals surface area contributed by atoms with Gasteiger partial charge in [-0.15, -0.1) is 0 Å². The highest BCUT2D eigenvalue weighted by molar-refractivity contribution is 5.95. The molecule has 1 heterocycles. The molecule has 0 aromatic carbocycles. The average Bonchev–Trinajstić information content (AvgIpc) is 2.79. The topological polar surface area (TPSA) is 73.4 Å². The summed E-state index contributed by atoms with van der Waals surface area (Å²) in [4.78, 5) is 14.3. The van der Waals surface area contributed by atoms with Gasteiger partial charge in [-0.05, 0) is 19.4 Å². The van der Waals surface area contributed by atoms with Crippen molar-refractivity contribution in [3.8, 4) is 0 Å². The Labute approximate surface area is 114 Å². The minimum absolute atomic E-state index is 0.00968. The number of aromatic nitrogens is 2. The van der Waals surface area contributed by atoms with Gasteiger partial charge in [-0.2, -0.15) is 5.10 Å². The second-order valence-electron chi connectivity index (χ2n) is 4.44. The monoisotopic (exact) mass is 268 g/mol. The first-order valence-electron chi connectivity index (χ1n) is 6.64. The number of hydrogen-bond acceptors (Lipinski definition) is 4. The van der Waals surface area contributed by atoms with Gasteiger partial charge in [0.05, 0.1) is 17.9 Å². The van der Waals surface area contributed by atoms with Crippen LogP contribution >= 0.6 is 0 Å². The zero-order chi connectivity index (χ0) is 14.3. The summed E-state index contributed by atoms with van der Waals surface area (Å²) in [5, 5.41) is 4.31. The first kappa shape index (κ1) is 15.7. The van der Waals surface area contributed by atoms with E-state index < -0.39 is 0 Å². The fourth-order valence-corrected chi connectivity index (χ4v) is 1.94. The molecule has 0 bridgehead atoms. The van der Waals surface area contributed by atoms with Crippen molar-refractivity contribution in [1.29, 1.82) is 0 Å². The van der Waals surface area contributed by atoms with Gasteiger partial charge in [-0.3, -0.25) is 9.48 Å². The van der Waals surface area contributed by atoms with E-state index in [-0.39, 0.29) is 5.91 Å². The second kappa shape index (κ2) is 7.91. The fourth-order valence-electron chi connectivity index (χ4n) is 1.94. The Morgan fingerprint density at radius 1 is 1.53 bits per heavy atom. The molecule has 0 atom stereocenters. The van der Waals surface area contributed by atoms with Crippen LogP contribution in [0.1, 0.15) is 29.4 Å². The van der Waals surface area contributed by atoms with Crippen molar-refractivity contribution in [2.24, 2.45) is 12.8 Å². The van der Waals surface area contributed by atoms with E-state index in [0.29, 0.717) is 31.8 Å². The summed E-state index contributed by atoms with van der Waals surface area (Å²) in [6.07, 6.45) is 3.32. The number of nitrogens with two attached hydrogens (primary N) is 1. The van der Waals surface area contributed by atoms with Crippen LogP contribution in [0.15, 0.2) is 6.20 Å². The minimum Gasteiger partial charge on any atom is -0.383 e. The standard InChI is InChI=1S/C13H24N4O2/c1-4-12-11(10-16(2)15-12)13(18)17(7-5-6-14)8-9-19-3/h10H,4-9,14H2,1-3H3. The van der Waals surface area contributed by atoms with Gasteiger partial charge in [0, 0.05) is 33.4 Å². The maximum absolute atomic E-state index is 12.5. The summed E-state index contributed by atoms with van der Waals surface area (Å²) in [7, 11) is 3.46. The summed E-state index contributed by atoms with van der Waals surface area (Å²) < 4.78 is 6.74. The number of ether oxygens (including phenoxy) is 1. The Hall–Kier alpha value is -1.40. The molecule has 2 N–H and O–H groups in total. The lowest BCUT2D eigenvalue weighted by Crippen LogP contribution is -2.35. The lowest BCUT2D eigenvalue weighted by atomic mass is 10.2. The van der Waals surface area contributed by atoms with E-state index in [9.17, 15) is 4.79 Å². The number of hydrogen-bond donors (Lipinski definition) is 1. The van der Waals surface area contributed by atoms with Crippen LogP contribution in [0.2, 0.25) is 0 Å². The largest absolute Gasteiger partial charge is 0.383 e. The Bertz CT molecular complexity index is 395. The molecule has 0 unspecified atom stereocenters. The van der Waals surface area contributed by atoms with Gasteiger partial charge < -0.3 is 15.4 Å². The number of rotatable bonds is 8. The highest BCUT2D eigenvalue weighted by atomic mass is 16.5. The number of methoxy groups -OCH3 is 1. The van der Waals surface area contributed by atoms with Gasteiger partial charge >= 0.3 is 0 Å². The first-order chi connectivity index (χ1) is 9.13. The molecule has 0 radical (unpaired) electrons. The van der Waals surface area contributed by atoms with Crippen LogP contribution in [-0.4, -0.2) is 53.9 Å². The Kier molecular flexibility index (Phi) is 6.52. The van der Waals surface area contributed by atoms with Crippen molar-refractivity contribution < 1.29 is 9.53 Å². The molecule has 0 saturated heterocycles. The van der Waals surface area contributed by atoms with Gasteiger partial charge in [0.25, 0.3) is 5.91 Å². The first-order valence-corrected chi connectivity index (χ1v) is 6.64. The van der Waals surface area contributed by atoms with Gasteiger partial charge in [0.1, 0.15) is 0 Å². The van der Waals surface area contributed by atoms with Crippen molar-refractivity contribution in [3.63, 3.8) is 0 Å². The van der Waals surface area contributed by atoms with Crippen LogP contribution < -0.4 is 5.73 Å². The van der Waals surface area contributed by atoms with Crippen molar-refractivity contribution in [3.05, 3.63) is 17.5 Å². The summed E-state index contributed by atoms with van der Waals surface area (Å²) in [6, 6.07) is 0. The molecule has 0 aliphatic rings. The molecule has 0 aliphatic carbocycles. The fraction of sp³-hybridized carbons (Fsp3) is 0.692. The third-order valence-electron chi connectivity index (χ3n) is 2.96. The Morgan fingerprint density at radius 3 is 2.84 bits per heavy atom. The summed E-state index contributed by atoms with van der Waals surface area (Å²) in [6.45, 7) is 4.32. The van der Waals surface area contributed by atoms with Crippen molar-refractivity contribution in [1.82, 2.24) is 14.7 Å². The zero-order valence-corrected chi connectivity index (χ0v) is 12.1. The van der Waals surface area contributed by atoms with Gasteiger partial charge in [0.15, 0.2) is 0 Å². The quantitative estimate of drug-likeness (QED) is 0.741. The highest BCUT2D eigenvalue weighted by Gasteiger charge is 2.20. The van der Waals surface area contributed by atoms with E-state index in [0.717, 1.165) is 18.5 Å². The maximum Gasteiger partial charge on any atom is 0.257 e. The summed E-state index contributed by atoms with van der Waals surface area (Å²) >= 11 is 0. The van der Waals surface area contributed by atoms with Crippen LogP contribution in [0, 0.1) is 0 Å². The molecule has 19 heavy (non-hydrogen) atoms. The Morgan fingerprint density at radius 2 is 2.26 bits per heavy atom. The lowest BCUT2D eigenvalue weighted by molar-refractivity contribution is 0.0693.